The Labute approximate surface area is 71.9 Å². The van der Waals surface area contributed by atoms with E-state index in [1.54, 1.807) is 0 Å². The molecule has 0 aliphatic rings. The predicted octanol–water partition coefficient (Wildman–Crippen LogP) is -0.145. The van der Waals surface area contributed by atoms with Gasteiger partial charge < -0.3 is 10.8 Å². The minimum atomic E-state index is -2.63. The van der Waals surface area contributed by atoms with Gasteiger partial charge in [0.25, 0.3) is 0 Å². The first-order chi connectivity index (χ1) is 5.15. The number of nitrogens with one attached hydrogen (secondary N) is 1. The molecule has 0 amide bonds. The SMILES string of the molecule is C[C@](N)(CCS(C)(=N)=O)C(=O)O. The monoisotopic (exact) mass is 194 g/mol. The Morgan fingerprint density at radius 1 is 1.75 bits per heavy atom. The topological polar surface area (TPSA) is 104 Å². The Morgan fingerprint density at radius 3 is 2.42 bits per heavy atom. The van der Waals surface area contributed by atoms with Gasteiger partial charge in [0.05, 0.1) is 0 Å². The molecule has 0 spiro atoms. The molecule has 1 unspecified atom stereocenters. The van der Waals surface area contributed by atoms with Crippen molar-refractivity contribution >= 4 is 15.7 Å². The van der Waals surface area contributed by atoms with Gasteiger partial charge in [-0.1, -0.05) is 0 Å². The zero-order chi connectivity index (χ0) is 9.99. The number of hydrogen-bond acceptors (Lipinski definition) is 4. The summed E-state index contributed by atoms with van der Waals surface area (Å²) in [6, 6.07) is 0. The molecule has 0 aromatic carbocycles. The van der Waals surface area contributed by atoms with Crippen molar-refractivity contribution in [3.63, 3.8) is 0 Å². The van der Waals surface area contributed by atoms with Crippen LogP contribution in [0.1, 0.15) is 13.3 Å². The summed E-state index contributed by atoms with van der Waals surface area (Å²) in [6.45, 7) is 1.35. The number of nitrogens with two attached hydrogens (primary N) is 1. The normalized spacial score (nSPS) is 20.9. The summed E-state index contributed by atoms with van der Waals surface area (Å²) < 4.78 is 17.9. The molecule has 0 aromatic heterocycles. The molecule has 0 saturated carbocycles. The van der Waals surface area contributed by atoms with Gasteiger partial charge in [0, 0.05) is 21.7 Å². The minimum absolute atomic E-state index is 0.0201. The van der Waals surface area contributed by atoms with E-state index in [1.165, 1.54) is 13.2 Å². The number of carboxylic acid groups (broad SMARTS) is 1. The predicted molar refractivity (Wildman–Crippen MR) is 46.5 cm³/mol. The zero-order valence-corrected chi connectivity index (χ0v) is 7.98. The van der Waals surface area contributed by atoms with Crippen LogP contribution in [0.5, 0.6) is 0 Å². The number of carbonyl (C=O) groups is 1. The summed E-state index contributed by atoms with van der Waals surface area (Å²) in [6.07, 6.45) is 1.33. The summed E-state index contributed by atoms with van der Waals surface area (Å²) in [5, 5.41) is 8.56. The van der Waals surface area contributed by atoms with Gasteiger partial charge in [-0.05, 0) is 13.3 Å². The fraction of sp³-hybridized carbons (Fsp3) is 0.833. The van der Waals surface area contributed by atoms with Gasteiger partial charge in [-0.3, -0.25) is 13.8 Å². The summed E-state index contributed by atoms with van der Waals surface area (Å²) in [5.41, 5.74) is 3.98. The summed E-state index contributed by atoms with van der Waals surface area (Å²) in [4.78, 5) is 10.5. The molecule has 0 aliphatic carbocycles. The molecule has 0 radical (unpaired) electrons. The highest BCUT2D eigenvalue weighted by Gasteiger charge is 2.28. The Hall–Kier alpha value is -0.620. The quantitative estimate of drug-likeness (QED) is 0.579. The van der Waals surface area contributed by atoms with Crippen molar-refractivity contribution in [2.75, 3.05) is 12.0 Å². The van der Waals surface area contributed by atoms with Gasteiger partial charge in [-0.25, -0.2) is 0 Å². The van der Waals surface area contributed by atoms with Crippen molar-refractivity contribution in [1.29, 1.82) is 4.78 Å². The zero-order valence-electron chi connectivity index (χ0n) is 7.16. The third-order valence-electron chi connectivity index (χ3n) is 1.50. The average molecular weight is 194 g/mol. The molecule has 5 nitrogen and oxygen atoms in total. The summed E-state index contributed by atoms with van der Waals surface area (Å²) in [5.74, 6) is -1.11. The van der Waals surface area contributed by atoms with Crippen molar-refractivity contribution in [2.45, 2.75) is 18.9 Å². The van der Waals surface area contributed by atoms with Gasteiger partial charge >= 0.3 is 5.97 Å². The van der Waals surface area contributed by atoms with Crippen LogP contribution in [0, 0.1) is 4.78 Å². The average Bonchev–Trinajstić information content (AvgIpc) is 1.82. The molecule has 0 aromatic rings. The molecule has 72 valence electrons. The van der Waals surface area contributed by atoms with Crippen LogP contribution in [-0.2, 0) is 14.5 Å². The molecule has 2 atom stereocenters. The van der Waals surface area contributed by atoms with Crippen LogP contribution < -0.4 is 5.73 Å². The highest BCUT2D eigenvalue weighted by Crippen LogP contribution is 2.07. The van der Waals surface area contributed by atoms with Gasteiger partial charge in [0.1, 0.15) is 5.54 Å². The summed E-state index contributed by atoms with van der Waals surface area (Å²) in [7, 11) is -2.63. The van der Waals surface area contributed by atoms with E-state index in [4.69, 9.17) is 15.6 Å². The maximum atomic E-state index is 10.9. The molecular weight excluding hydrogens is 180 g/mol. The highest BCUT2D eigenvalue weighted by atomic mass is 32.2. The number of rotatable bonds is 4. The van der Waals surface area contributed by atoms with Crippen molar-refractivity contribution < 1.29 is 14.1 Å². The molecular formula is C6H14N2O3S. The highest BCUT2D eigenvalue weighted by molar-refractivity contribution is 7.91. The Kier molecular flexibility index (Phi) is 3.23. The smallest absolute Gasteiger partial charge is 0.323 e. The molecule has 0 aliphatic heterocycles. The van der Waals surface area contributed by atoms with Crippen LogP contribution in [-0.4, -0.2) is 32.8 Å². The van der Waals surface area contributed by atoms with E-state index in [1.807, 2.05) is 0 Å². The van der Waals surface area contributed by atoms with E-state index in [-0.39, 0.29) is 12.2 Å². The number of carboxylic acids is 1. The molecule has 12 heavy (non-hydrogen) atoms. The van der Waals surface area contributed by atoms with E-state index < -0.39 is 21.2 Å². The van der Waals surface area contributed by atoms with Crippen LogP contribution in [0.15, 0.2) is 0 Å². The fourth-order valence-electron chi connectivity index (χ4n) is 0.514. The Balaban J connectivity index is 4.20. The van der Waals surface area contributed by atoms with Crippen molar-refractivity contribution in [1.82, 2.24) is 0 Å². The molecule has 0 bridgehead atoms. The lowest BCUT2D eigenvalue weighted by molar-refractivity contribution is -0.142. The first-order valence-corrected chi connectivity index (χ1v) is 5.52. The standard InChI is InChI=1S/C6H14N2O3S/c1-6(7,5(9)10)3-4-12(2,8)11/h8H,3-4,7H2,1-2H3,(H,9,10)/t6-,12?/m0/s1. The maximum absolute atomic E-state index is 10.9. The van der Waals surface area contributed by atoms with Crippen LogP contribution >= 0.6 is 0 Å². The number of aliphatic carboxylic acids is 1. The number of hydrogen-bond donors (Lipinski definition) is 3. The second kappa shape index (κ2) is 3.40. The second-order valence-electron chi connectivity index (χ2n) is 3.18. The van der Waals surface area contributed by atoms with Crippen molar-refractivity contribution in [3.05, 3.63) is 0 Å². The van der Waals surface area contributed by atoms with E-state index in [0.29, 0.717) is 0 Å². The maximum Gasteiger partial charge on any atom is 0.323 e. The van der Waals surface area contributed by atoms with Crippen molar-refractivity contribution in [3.8, 4) is 0 Å². The first-order valence-electron chi connectivity index (χ1n) is 3.39. The lowest BCUT2D eigenvalue weighted by atomic mass is 10.0. The van der Waals surface area contributed by atoms with E-state index >= 15 is 0 Å². The lowest BCUT2D eigenvalue weighted by Crippen LogP contribution is -2.46. The summed E-state index contributed by atoms with van der Waals surface area (Å²) >= 11 is 0. The van der Waals surface area contributed by atoms with Gasteiger partial charge in [0.2, 0.25) is 0 Å². The first kappa shape index (κ1) is 11.4. The molecule has 4 N–H and O–H groups in total. The third kappa shape index (κ3) is 4.30. The van der Waals surface area contributed by atoms with Crippen LogP contribution in [0.4, 0.5) is 0 Å². The van der Waals surface area contributed by atoms with Crippen LogP contribution in [0.3, 0.4) is 0 Å². The molecule has 0 fully saturated rings. The molecule has 6 heteroatoms. The molecule has 0 saturated heterocycles. The Bertz CT molecular complexity index is 269. The van der Waals surface area contributed by atoms with E-state index in [9.17, 15) is 9.00 Å². The largest absolute Gasteiger partial charge is 0.480 e. The molecule has 0 rings (SSSR count). The van der Waals surface area contributed by atoms with Gasteiger partial charge in [0.15, 0.2) is 0 Å². The van der Waals surface area contributed by atoms with Gasteiger partial charge in [-0.2, -0.15) is 0 Å². The van der Waals surface area contributed by atoms with Crippen LogP contribution in [0.2, 0.25) is 0 Å². The lowest BCUT2D eigenvalue weighted by Gasteiger charge is -2.18. The van der Waals surface area contributed by atoms with Crippen LogP contribution in [0.25, 0.3) is 0 Å². The van der Waals surface area contributed by atoms with E-state index in [0.717, 1.165) is 0 Å². The molecule has 0 heterocycles. The second-order valence-corrected chi connectivity index (χ2v) is 5.60. The third-order valence-corrected chi connectivity index (χ3v) is 2.48. The van der Waals surface area contributed by atoms with Crippen molar-refractivity contribution in [2.24, 2.45) is 5.73 Å². The fourth-order valence-corrected chi connectivity index (χ4v) is 1.33. The Morgan fingerprint density at radius 2 is 2.17 bits per heavy atom. The van der Waals surface area contributed by atoms with E-state index in [2.05, 4.69) is 0 Å². The van der Waals surface area contributed by atoms with Gasteiger partial charge in [-0.15, -0.1) is 0 Å². The minimum Gasteiger partial charge on any atom is -0.480 e.